The molecule has 294 valence electrons. The van der Waals surface area contributed by atoms with Crippen molar-refractivity contribution in [2.24, 2.45) is 5.92 Å². The first-order chi connectivity index (χ1) is 27.0. The normalized spacial score (nSPS) is 18.4. The van der Waals surface area contributed by atoms with Gasteiger partial charge in [0.15, 0.2) is 0 Å². The summed E-state index contributed by atoms with van der Waals surface area (Å²) >= 11 is 14.0. The summed E-state index contributed by atoms with van der Waals surface area (Å²) in [5.41, 5.74) is 5.56. The summed E-state index contributed by atoms with van der Waals surface area (Å²) in [5, 5.41) is 22.1. The molecule has 2 aromatic heterocycles. The van der Waals surface area contributed by atoms with Crippen molar-refractivity contribution in [2.45, 2.75) is 70.2 Å². The summed E-state index contributed by atoms with van der Waals surface area (Å²) in [4.78, 5) is 30.0. The van der Waals surface area contributed by atoms with Crippen LogP contribution in [0.15, 0.2) is 60.8 Å². The van der Waals surface area contributed by atoms with E-state index in [0.29, 0.717) is 83.0 Å². The number of aliphatic carboxylic acids is 1. The van der Waals surface area contributed by atoms with Crippen molar-refractivity contribution in [1.82, 2.24) is 30.3 Å². The number of hydrogen-bond acceptors (Lipinski definition) is 8. The summed E-state index contributed by atoms with van der Waals surface area (Å²) in [6.07, 6.45) is 6.04. The van der Waals surface area contributed by atoms with Crippen molar-refractivity contribution in [3.05, 3.63) is 93.5 Å². The zero-order valence-corrected chi connectivity index (χ0v) is 33.1. The highest BCUT2D eigenvalue weighted by atomic mass is 35.5. The van der Waals surface area contributed by atoms with E-state index in [1.165, 1.54) is 13.2 Å². The Morgan fingerprint density at radius 1 is 1.04 bits per heavy atom. The van der Waals surface area contributed by atoms with Crippen molar-refractivity contribution in [3.8, 4) is 33.9 Å². The minimum Gasteiger partial charge on any atom is -0.496 e. The molecule has 0 bridgehead atoms. The maximum atomic E-state index is 15.7. The molecule has 1 saturated heterocycles. The molecule has 2 fully saturated rings. The van der Waals surface area contributed by atoms with Crippen LogP contribution in [0.4, 0.5) is 4.39 Å². The highest BCUT2D eigenvalue weighted by Gasteiger charge is 2.29. The van der Waals surface area contributed by atoms with Gasteiger partial charge < -0.3 is 25.2 Å². The molecule has 5 aromatic rings. The zero-order chi connectivity index (χ0) is 39.5. The van der Waals surface area contributed by atoms with E-state index in [2.05, 4.69) is 15.5 Å². The predicted molar refractivity (Wildman–Crippen MR) is 215 cm³/mol. The second-order valence-corrected chi connectivity index (χ2v) is 15.4. The number of methoxy groups -OCH3 is 2. The number of pyridine rings is 1. The number of carbonyl (C=O) groups excluding carboxylic acids is 1. The van der Waals surface area contributed by atoms with E-state index in [1.807, 2.05) is 54.2 Å². The third-order valence-electron chi connectivity index (χ3n) is 11.1. The SMILES string of the molecule is COc1cc(-c2cccc(-c3cccc4c3cnn4Cc3nc(OC)c(CN(C)C4CCC(C(=O)O)CC4)cc3Cl)c2Cl)cc(F)c1CNC[C@@H]1CCC(=O)N1. The first kappa shape index (κ1) is 39.5. The molecule has 0 radical (unpaired) electrons. The van der Waals surface area contributed by atoms with Crippen LogP contribution in [-0.2, 0) is 29.2 Å². The van der Waals surface area contributed by atoms with Gasteiger partial charge in [-0.05, 0) is 74.5 Å². The smallest absolute Gasteiger partial charge is 0.306 e. The summed E-state index contributed by atoms with van der Waals surface area (Å²) in [5.74, 6) is -0.488. The van der Waals surface area contributed by atoms with Crippen LogP contribution in [0, 0.1) is 11.7 Å². The second-order valence-electron chi connectivity index (χ2n) is 14.6. The lowest BCUT2D eigenvalue weighted by molar-refractivity contribution is -0.143. The Balaban J connectivity index is 1.10. The van der Waals surface area contributed by atoms with E-state index in [9.17, 15) is 14.7 Å². The van der Waals surface area contributed by atoms with Crippen LogP contribution >= 0.6 is 23.2 Å². The fourth-order valence-electron chi connectivity index (χ4n) is 8.00. The van der Waals surface area contributed by atoms with Crippen LogP contribution in [-0.4, -0.2) is 76.5 Å². The number of benzene rings is 3. The number of hydrogen-bond donors (Lipinski definition) is 3. The van der Waals surface area contributed by atoms with Crippen LogP contribution < -0.4 is 20.1 Å². The lowest BCUT2D eigenvalue weighted by Gasteiger charge is -2.33. The Labute approximate surface area is 335 Å². The number of ether oxygens (including phenoxy) is 2. The largest absolute Gasteiger partial charge is 0.496 e. The van der Waals surface area contributed by atoms with E-state index in [-0.39, 0.29) is 30.5 Å². The molecule has 1 atom stereocenters. The van der Waals surface area contributed by atoms with Gasteiger partial charge in [-0.15, -0.1) is 0 Å². The molecule has 1 amide bonds. The highest BCUT2D eigenvalue weighted by Crippen LogP contribution is 2.41. The van der Waals surface area contributed by atoms with Gasteiger partial charge in [0.25, 0.3) is 0 Å². The van der Waals surface area contributed by atoms with E-state index in [0.717, 1.165) is 46.9 Å². The minimum absolute atomic E-state index is 0.0296. The molecule has 3 aromatic carbocycles. The standard InChI is InChI=1S/C42H45Cl2FN6O5/c1-50(28-13-10-24(11-14-28)42(53)54)22-26-16-34(43)36(49-41(26)56-3)23-51-37-9-5-7-30(32(37)21-47-51)31-8-4-6-29(40(31)44)25-17-35(45)33(38(18-25)55-2)20-46-19-27-12-15-39(52)48-27/h4-9,16-18,21,24,27-28,46H,10-15,19-20,22-23H2,1-3H3,(H,48,52)(H,53,54)/t24?,27-,28?/m0/s1. The molecule has 0 spiro atoms. The third-order valence-corrected chi connectivity index (χ3v) is 11.8. The number of aromatic nitrogens is 3. The number of nitrogens with one attached hydrogen (secondary N) is 2. The summed E-state index contributed by atoms with van der Waals surface area (Å²) < 4.78 is 28.9. The zero-order valence-electron chi connectivity index (χ0n) is 31.6. The molecule has 56 heavy (non-hydrogen) atoms. The van der Waals surface area contributed by atoms with Gasteiger partial charge in [-0.3, -0.25) is 19.2 Å². The second kappa shape index (κ2) is 17.2. The Bertz CT molecular complexity index is 2260. The molecule has 3 N–H and O–H groups in total. The first-order valence-electron chi connectivity index (χ1n) is 18.8. The number of amides is 1. The quantitative estimate of drug-likeness (QED) is 0.103. The number of halogens is 3. The van der Waals surface area contributed by atoms with Crippen molar-refractivity contribution < 1.29 is 28.6 Å². The minimum atomic E-state index is -0.714. The van der Waals surface area contributed by atoms with E-state index in [1.54, 1.807) is 19.4 Å². The Morgan fingerprint density at radius 2 is 1.79 bits per heavy atom. The van der Waals surface area contributed by atoms with Crippen LogP contribution in [0.1, 0.15) is 55.3 Å². The van der Waals surface area contributed by atoms with Crippen LogP contribution in [0.2, 0.25) is 10.0 Å². The summed E-state index contributed by atoms with van der Waals surface area (Å²) in [7, 11) is 5.14. The van der Waals surface area contributed by atoms with Gasteiger partial charge in [0.1, 0.15) is 11.6 Å². The molecule has 3 heterocycles. The van der Waals surface area contributed by atoms with Gasteiger partial charge in [-0.2, -0.15) is 5.10 Å². The van der Waals surface area contributed by atoms with Crippen molar-refractivity contribution in [2.75, 3.05) is 27.8 Å². The fourth-order valence-corrected chi connectivity index (χ4v) is 8.57. The average molecular weight is 804 g/mol. The first-order valence-corrected chi connectivity index (χ1v) is 19.6. The lowest BCUT2D eigenvalue weighted by atomic mass is 9.85. The summed E-state index contributed by atoms with van der Waals surface area (Å²) in [6, 6.07) is 17.0. The highest BCUT2D eigenvalue weighted by molar-refractivity contribution is 6.36. The molecule has 1 saturated carbocycles. The molecule has 7 rings (SSSR count). The molecule has 1 aliphatic heterocycles. The molecule has 1 aliphatic carbocycles. The van der Waals surface area contributed by atoms with E-state index in [4.69, 9.17) is 42.8 Å². The number of fused-ring (bicyclic) bond motifs is 1. The Hall–Kier alpha value is -4.75. The predicted octanol–water partition coefficient (Wildman–Crippen LogP) is 7.72. The van der Waals surface area contributed by atoms with E-state index < -0.39 is 11.8 Å². The maximum Gasteiger partial charge on any atom is 0.306 e. The average Bonchev–Trinajstić information content (AvgIpc) is 3.81. The maximum absolute atomic E-state index is 15.7. The van der Waals surface area contributed by atoms with Gasteiger partial charge in [-0.1, -0.05) is 53.5 Å². The van der Waals surface area contributed by atoms with Crippen LogP contribution in [0.25, 0.3) is 33.2 Å². The van der Waals surface area contributed by atoms with Gasteiger partial charge in [0, 0.05) is 65.8 Å². The van der Waals surface area contributed by atoms with E-state index >= 15 is 4.39 Å². The molecule has 14 heteroatoms. The van der Waals surface area contributed by atoms with Gasteiger partial charge in [0.2, 0.25) is 11.8 Å². The number of rotatable bonds is 14. The van der Waals surface area contributed by atoms with Crippen LogP contribution in [0.3, 0.4) is 0 Å². The Morgan fingerprint density at radius 3 is 2.50 bits per heavy atom. The molecule has 11 nitrogen and oxygen atoms in total. The number of carboxylic acids is 1. The third kappa shape index (κ3) is 8.34. The topological polar surface area (TPSA) is 131 Å². The van der Waals surface area contributed by atoms with Crippen molar-refractivity contribution in [1.29, 1.82) is 0 Å². The molecule has 2 aliphatic rings. The Kier molecular flexibility index (Phi) is 12.1. The summed E-state index contributed by atoms with van der Waals surface area (Å²) in [6.45, 7) is 1.64. The van der Waals surface area contributed by atoms with Crippen molar-refractivity contribution >= 4 is 46.0 Å². The molecular formula is C42H45Cl2FN6O5. The lowest BCUT2D eigenvalue weighted by Crippen LogP contribution is -2.36. The number of carboxylic acid groups (broad SMARTS) is 1. The van der Waals surface area contributed by atoms with Crippen LogP contribution in [0.5, 0.6) is 11.6 Å². The molecular weight excluding hydrogens is 758 g/mol. The fraction of sp³-hybridized carbons (Fsp3) is 0.381. The van der Waals surface area contributed by atoms with Gasteiger partial charge in [-0.25, -0.2) is 9.37 Å². The number of nitrogens with zero attached hydrogens (tertiary/aromatic N) is 4. The van der Waals surface area contributed by atoms with Gasteiger partial charge in [0.05, 0.1) is 54.1 Å². The van der Waals surface area contributed by atoms with Gasteiger partial charge >= 0.3 is 5.97 Å². The van der Waals surface area contributed by atoms with Crippen molar-refractivity contribution in [3.63, 3.8) is 0 Å². The monoisotopic (exact) mass is 802 g/mol. The molecule has 0 unspecified atom stereocenters. The number of carbonyl (C=O) groups is 2.